The van der Waals surface area contributed by atoms with Gasteiger partial charge in [0.15, 0.2) is 0 Å². The lowest BCUT2D eigenvalue weighted by Crippen LogP contribution is -2.41. The molecule has 0 bridgehead atoms. The summed E-state index contributed by atoms with van der Waals surface area (Å²) in [5.74, 6) is 0.0108. The summed E-state index contributed by atoms with van der Waals surface area (Å²) in [4.78, 5) is 16.4. The van der Waals surface area contributed by atoms with Crippen molar-refractivity contribution in [2.45, 2.75) is 19.1 Å². The molecule has 1 fully saturated rings. The number of fused-ring (bicyclic) bond motifs is 1. The molecule has 0 aliphatic carbocycles. The lowest BCUT2D eigenvalue weighted by atomic mass is 10.1. The van der Waals surface area contributed by atoms with Crippen molar-refractivity contribution in [1.82, 2.24) is 15.6 Å². The Labute approximate surface area is 148 Å². The van der Waals surface area contributed by atoms with E-state index in [9.17, 15) is 4.79 Å². The van der Waals surface area contributed by atoms with Crippen LogP contribution in [0.4, 0.5) is 0 Å². The topological polar surface area (TPSA) is 63.2 Å². The van der Waals surface area contributed by atoms with Crippen LogP contribution in [0.15, 0.2) is 36.5 Å². The number of nitrogens with zero attached hydrogens (tertiary/aromatic N) is 1. The van der Waals surface area contributed by atoms with Crippen molar-refractivity contribution in [2.24, 2.45) is 0 Å². The second-order valence-corrected chi connectivity index (χ2v) is 5.17. The van der Waals surface area contributed by atoms with Gasteiger partial charge >= 0.3 is 0 Å². The first kappa shape index (κ1) is 19.6. The molecule has 1 amide bonds. The zero-order valence-corrected chi connectivity index (χ0v) is 14.3. The fourth-order valence-electron chi connectivity index (χ4n) is 2.53. The number of nitrogens with one attached hydrogen (secondary N) is 2. The van der Waals surface area contributed by atoms with Gasteiger partial charge in [0.05, 0.1) is 24.6 Å². The average molecular weight is 358 g/mol. The quantitative estimate of drug-likeness (QED) is 0.879. The number of para-hydroxylation sites is 1. The summed E-state index contributed by atoms with van der Waals surface area (Å²) in [5.41, 5.74) is 1.97. The number of rotatable bonds is 4. The Kier molecular flexibility index (Phi) is 8.26. The highest BCUT2D eigenvalue weighted by Gasteiger charge is 2.17. The average Bonchev–Trinajstić information content (AvgIpc) is 2.54. The zero-order valence-electron chi connectivity index (χ0n) is 12.7. The largest absolute Gasteiger partial charge is 0.375 e. The van der Waals surface area contributed by atoms with Gasteiger partial charge in [-0.3, -0.25) is 9.78 Å². The van der Waals surface area contributed by atoms with Gasteiger partial charge in [-0.15, -0.1) is 24.8 Å². The maximum Gasteiger partial charge on any atom is 0.222 e. The monoisotopic (exact) mass is 357 g/mol. The van der Waals surface area contributed by atoms with Crippen molar-refractivity contribution in [1.29, 1.82) is 0 Å². The number of hydrogen-bond acceptors (Lipinski definition) is 4. The Morgan fingerprint density at radius 3 is 2.91 bits per heavy atom. The van der Waals surface area contributed by atoms with Crippen LogP contribution in [0.2, 0.25) is 0 Å². The van der Waals surface area contributed by atoms with Crippen molar-refractivity contribution < 1.29 is 9.53 Å². The zero-order chi connectivity index (χ0) is 14.5. The molecule has 1 aliphatic heterocycles. The van der Waals surface area contributed by atoms with E-state index in [0.29, 0.717) is 19.6 Å². The van der Waals surface area contributed by atoms with Gasteiger partial charge in [-0.25, -0.2) is 0 Å². The Hall–Kier alpha value is -1.40. The number of hydrogen-bond donors (Lipinski definition) is 2. The summed E-state index contributed by atoms with van der Waals surface area (Å²) in [5, 5.41) is 7.26. The molecule has 5 nitrogen and oxygen atoms in total. The third kappa shape index (κ3) is 5.32. The molecule has 2 heterocycles. The molecule has 7 heteroatoms. The van der Waals surface area contributed by atoms with Gasteiger partial charge in [0.1, 0.15) is 0 Å². The number of amides is 1. The minimum atomic E-state index is -0.0237. The van der Waals surface area contributed by atoms with Crippen molar-refractivity contribution in [3.05, 3.63) is 42.1 Å². The third-order valence-corrected chi connectivity index (χ3v) is 3.61. The van der Waals surface area contributed by atoms with Crippen LogP contribution in [0.3, 0.4) is 0 Å². The molecule has 2 N–H and O–H groups in total. The van der Waals surface area contributed by atoms with Crippen LogP contribution in [0, 0.1) is 0 Å². The molecule has 1 saturated heterocycles. The first-order chi connectivity index (χ1) is 10.3. The van der Waals surface area contributed by atoms with Gasteiger partial charge in [-0.1, -0.05) is 24.3 Å². The molecular weight excluding hydrogens is 337 g/mol. The van der Waals surface area contributed by atoms with E-state index in [2.05, 4.69) is 15.6 Å². The van der Waals surface area contributed by atoms with Gasteiger partial charge in [-0.05, 0) is 11.6 Å². The lowest BCUT2D eigenvalue weighted by Gasteiger charge is -2.23. The van der Waals surface area contributed by atoms with Crippen LogP contribution in [0.25, 0.3) is 10.9 Å². The van der Waals surface area contributed by atoms with Crippen LogP contribution in [-0.4, -0.2) is 36.7 Å². The van der Waals surface area contributed by atoms with Gasteiger partial charge < -0.3 is 15.4 Å². The first-order valence-electron chi connectivity index (χ1n) is 7.24. The van der Waals surface area contributed by atoms with Crippen LogP contribution in [0.5, 0.6) is 0 Å². The van der Waals surface area contributed by atoms with E-state index in [1.54, 1.807) is 6.20 Å². The highest BCUT2D eigenvalue weighted by Crippen LogP contribution is 2.15. The van der Waals surface area contributed by atoms with Crippen molar-refractivity contribution in [2.75, 3.05) is 19.7 Å². The Morgan fingerprint density at radius 2 is 2.13 bits per heavy atom. The van der Waals surface area contributed by atoms with Crippen LogP contribution < -0.4 is 10.6 Å². The highest BCUT2D eigenvalue weighted by molar-refractivity contribution is 5.85. The summed E-state index contributed by atoms with van der Waals surface area (Å²) in [7, 11) is 0. The Bertz CT molecular complexity index is 628. The molecule has 23 heavy (non-hydrogen) atoms. The molecule has 1 aromatic heterocycles. The second kappa shape index (κ2) is 9.67. The van der Waals surface area contributed by atoms with E-state index in [1.807, 2.05) is 30.3 Å². The van der Waals surface area contributed by atoms with Gasteiger partial charge in [0.25, 0.3) is 0 Å². The molecule has 1 aromatic carbocycles. The number of pyridine rings is 1. The summed E-state index contributed by atoms with van der Waals surface area (Å²) >= 11 is 0. The SMILES string of the molecule is Cl.Cl.O=C(CC1CNCCO1)NCc1cccc2cccnc12. The minimum Gasteiger partial charge on any atom is -0.375 e. The maximum absolute atomic E-state index is 12.0. The van der Waals surface area contributed by atoms with E-state index in [1.165, 1.54) is 0 Å². The Morgan fingerprint density at radius 1 is 1.30 bits per heavy atom. The Balaban J connectivity index is 0.00000132. The molecule has 2 aromatic rings. The van der Waals surface area contributed by atoms with E-state index in [0.717, 1.165) is 29.6 Å². The van der Waals surface area contributed by atoms with Gasteiger partial charge in [0.2, 0.25) is 5.91 Å². The number of aromatic nitrogens is 1. The molecule has 0 radical (unpaired) electrons. The number of carbonyl (C=O) groups excluding carboxylic acids is 1. The van der Waals surface area contributed by atoms with E-state index in [-0.39, 0.29) is 36.8 Å². The smallest absolute Gasteiger partial charge is 0.222 e. The van der Waals surface area contributed by atoms with Crippen molar-refractivity contribution in [3.8, 4) is 0 Å². The van der Waals surface area contributed by atoms with Crippen LogP contribution >= 0.6 is 24.8 Å². The van der Waals surface area contributed by atoms with Crippen molar-refractivity contribution >= 4 is 41.6 Å². The maximum atomic E-state index is 12.0. The highest BCUT2D eigenvalue weighted by atomic mass is 35.5. The summed E-state index contributed by atoms with van der Waals surface area (Å²) in [6, 6.07) is 9.94. The number of carbonyl (C=O) groups is 1. The van der Waals surface area contributed by atoms with E-state index in [4.69, 9.17) is 4.74 Å². The second-order valence-electron chi connectivity index (χ2n) is 5.17. The van der Waals surface area contributed by atoms with E-state index >= 15 is 0 Å². The predicted molar refractivity (Wildman–Crippen MR) is 95.3 cm³/mol. The lowest BCUT2D eigenvalue weighted by molar-refractivity contribution is -0.124. The van der Waals surface area contributed by atoms with Crippen LogP contribution in [-0.2, 0) is 16.1 Å². The third-order valence-electron chi connectivity index (χ3n) is 3.61. The molecule has 0 spiro atoms. The molecule has 1 atom stereocenters. The molecule has 3 rings (SSSR count). The van der Waals surface area contributed by atoms with E-state index < -0.39 is 0 Å². The summed E-state index contributed by atoms with van der Waals surface area (Å²) < 4.78 is 5.54. The normalized spacial score (nSPS) is 17.0. The number of morpholine rings is 1. The molecule has 0 saturated carbocycles. The number of benzene rings is 1. The first-order valence-corrected chi connectivity index (χ1v) is 7.24. The number of ether oxygens (including phenoxy) is 1. The summed E-state index contributed by atoms with van der Waals surface area (Å²) in [6.45, 7) is 2.77. The minimum absolute atomic E-state index is 0. The van der Waals surface area contributed by atoms with Gasteiger partial charge in [0, 0.05) is 31.2 Å². The molecule has 1 aliphatic rings. The summed E-state index contributed by atoms with van der Waals surface area (Å²) in [6.07, 6.45) is 2.14. The molecule has 1 unspecified atom stereocenters. The fraction of sp³-hybridized carbons (Fsp3) is 0.375. The van der Waals surface area contributed by atoms with Crippen LogP contribution in [0.1, 0.15) is 12.0 Å². The van der Waals surface area contributed by atoms with Crippen molar-refractivity contribution in [3.63, 3.8) is 0 Å². The number of halogens is 2. The molecule has 126 valence electrons. The van der Waals surface area contributed by atoms with Gasteiger partial charge in [-0.2, -0.15) is 0 Å². The standard InChI is InChI=1S/C16H19N3O2.2ClH/c20-15(9-14-11-17-7-8-21-14)19-10-13-4-1-3-12-5-2-6-18-16(12)13;;/h1-6,14,17H,7-11H2,(H,19,20);2*1H. The molecular formula is C16H21Cl2N3O2. The predicted octanol–water partition coefficient (Wildman–Crippen LogP) is 2.07. The fourth-order valence-corrected chi connectivity index (χ4v) is 2.53.